The third kappa shape index (κ3) is 2.88. The predicted octanol–water partition coefficient (Wildman–Crippen LogP) is -0.147. The minimum atomic E-state index is -1.02. The van der Waals surface area contributed by atoms with E-state index in [4.69, 9.17) is 5.11 Å². The smallest absolute Gasteiger partial charge is 0.325 e. The van der Waals surface area contributed by atoms with E-state index in [1.165, 1.54) is 6.92 Å². The van der Waals surface area contributed by atoms with Gasteiger partial charge in [-0.2, -0.15) is 0 Å². The van der Waals surface area contributed by atoms with Gasteiger partial charge in [-0.05, 0) is 38.8 Å². The van der Waals surface area contributed by atoms with E-state index in [2.05, 4.69) is 15.5 Å². The zero-order valence-electron chi connectivity index (χ0n) is 9.98. The molecule has 3 aliphatic rings. The number of amides is 2. The number of carbonyl (C=O) groups is 2. The zero-order valence-corrected chi connectivity index (χ0v) is 9.98. The Labute approximate surface area is 100 Å². The van der Waals surface area contributed by atoms with Gasteiger partial charge in [0.25, 0.3) is 0 Å². The molecule has 0 aromatic rings. The fourth-order valence-electron chi connectivity index (χ4n) is 2.60. The van der Waals surface area contributed by atoms with Crippen LogP contribution in [-0.2, 0) is 4.79 Å². The van der Waals surface area contributed by atoms with Crippen LogP contribution in [-0.4, -0.2) is 53.7 Å². The van der Waals surface area contributed by atoms with Gasteiger partial charge in [0.15, 0.2) is 0 Å². The highest BCUT2D eigenvalue weighted by Crippen LogP contribution is 2.27. The number of hydrogen-bond donors (Lipinski definition) is 3. The van der Waals surface area contributed by atoms with Crippen LogP contribution in [0.4, 0.5) is 4.79 Å². The number of aliphatic carboxylic acids is 1. The van der Waals surface area contributed by atoms with Gasteiger partial charge in [0.1, 0.15) is 6.04 Å². The second-order valence-corrected chi connectivity index (χ2v) is 4.92. The lowest BCUT2D eigenvalue weighted by molar-refractivity contribution is -0.138. The van der Waals surface area contributed by atoms with Gasteiger partial charge >= 0.3 is 12.0 Å². The normalized spacial score (nSPS) is 32.9. The lowest BCUT2D eigenvalue weighted by Crippen LogP contribution is -2.59. The summed E-state index contributed by atoms with van der Waals surface area (Å²) < 4.78 is 0. The Morgan fingerprint density at radius 1 is 1.35 bits per heavy atom. The largest absolute Gasteiger partial charge is 0.480 e. The Balaban J connectivity index is 1.81. The maximum atomic E-state index is 11.6. The van der Waals surface area contributed by atoms with E-state index in [1.54, 1.807) is 0 Å². The Kier molecular flexibility index (Phi) is 3.51. The first-order chi connectivity index (χ1) is 8.06. The van der Waals surface area contributed by atoms with Crippen molar-refractivity contribution in [2.75, 3.05) is 19.6 Å². The summed E-state index contributed by atoms with van der Waals surface area (Å²) in [6, 6.07) is -1.06. The lowest BCUT2D eigenvalue weighted by Gasteiger charge is -2.44. The van der Waals surface area contributed by atoms with Crippen molar-refractivity contribution in [3.05, 3.63) is 0 Å². The molecule has 3 saturated heterocycles. The highest BCUT2D eigenvalue weighted by molar-refractivity contribution is 5.82. The van der Waals surface area contributed by atoms with E-state index in [9.17, 15) is 9.59 Å². The van der Waals surface area contributed by atoms with Crippen LogP contribution in [0.15, 0.2) is 0 Å². The van der Waals surface area contributed by atoms with E-state index in [0.29, 0.717) is 5.92 Å². The molecule has 3 heterocycles. The molecule has 6 heteroatoms. The summed E-state index contributed by atoms with van der Waals surface area (Å²) in [5.74, 6) is -0.472. The Bertz CT molecular complexity index is 313. The van der Waals surface area contributed by atoms with Crippen molar-refractivity contribution in [1.82, 2.24) is 15.5 Å². The molecule has 3 N–H and O–H groups in total. The zero-order chi connectivity index (χ0) is 12.4. The maximum absolute atomic E-state index is 11.6. The van der Waals surface area contributed by atoms with E-state index >= 15 is 0 Å². The second-order valence-electron chi connectivity index (χ2n) is 4.92. The third-order valence-electron chi connectivity index (χ3n) is 3.69. The van der Waals surface area contributed by atoms with E-state index in [0.717, 1.165) is 32.5 Å². The molecule has 6 nitrogen and oxygen atoms in total. The molecule has 2 amide bonds. The van der Waals surface area contributed by atoms with Gasteiger partial charge in [-0.25, -0.2) is 4.79 Å². The predicted molar refractivity (Wildman–Crippen MR) is 61.7 cm³/mol. The van der Waals surface area contributed by atoms with Crippen molar-refractivity contribution in [2.24, 2.45) is 5.92 Å². The lowest BCUT2D eigenvalue weighted by atomic mass is 9.84. The monoisotopic (exact) mass is 241 g/mol. The molecule has 3 rings (SSSR count). The second kappa shape index (κ2) is 4.91. The SMILES string of the molecule is CC(NC(=O)NC1CN2CCC1CC2)C(=O)O. The van der Waals surface area contributed by atoms with Gasteiger partial charge in [0.2, 0.25) is 0 Å². The number of carboxylic acid groups (broad SMARTS) is 1. The van der Waals surface area contributed by atoms with Gasteiger partial charge < -0.3 is 20.6 Å². The molecular weight excluding hydrogens is 222 g/mol. The van der Waals surface area contributed by atoms with Gasteiger partial charge in [0, 0.05) is 12.6 Å². The van der Waals surface area contributed by atoms with Crippen molar-refractivity contribution in [3.63, 3.8) is 0 Å². The van der Waals surface area contributed by atoms with Crippen LogP contribution in [0.5, 0.6) is 0 Å². The molecule has 0 saturated carbocycles. The molecule has 2 bridgehead atoms. The summed E-state index contributed by atoms with van der Waals surface area (Å²) in [5, 5.41) is 14.0. The van der Waals surface area contributed by atoms with Crippen molar-refractivity contribution in [1.29, 1.82) is 0 Å². The standard InChI is InChI=1S/C11H19N3O3/c1-7(10(15)16)12-11(17)13-9-6-14-4-2-8(9)3-5-14/h7-9H,2-6H2,1H3,(H,15,16)(H2,12,13,17). The van der Waals surface area contributed by atoms with Crippen LogP contribution in [0.25, 0.3) is 0 Å². The molecule has 0 aliphatic carbocycles. The number of piperidine rings is 3. The summed E-state index contributed by atoms with van der Waals surface area (Å²) in [6.45, 7) is 4.59. The Morgan fingerprint density at radius 3 is 2.47 bits per heavy atom. The van der Waals surface area contributed by atoms with E-state index < -0.39 is 12.0 Å². The van der Waals surface area contributed by atoms with Crippen LogP contribution in [0, 0.1) is 5.92 Å². The molecule has 0 spiro atoms. The van der Waals surface area contributed by atoms with E-state index in [-0.39, 0.29) is 12.1 Å². The summed E-state index contributed by atoms with van der Waals surface area (Å²) in [6.07, 6.45) is 2.25. The van der Waals surface area contributed by atoms with Crippen molar-refractivity contribution >= 4 is 12.0 Å². The molecule has 0 radical (unpaired) electrons. The first-order valence-electron chi connectivity index (χ1n) is 6.08. The van der Waals surface area contributed by atoms with Crippen molar-refractivity contribution in [3.8, 4) is 0 Å². The quantitative estimate of drug-likeness (QED) is 0.642. The summed E-state index contributed by atoms with van der Waals surface area (Å²) in [5.41, 5.74) is 0. The van der Waals surface area contributed by atoms with Crippen LogP contribution in [0.2, 0.25) is 0 Å². The minimum absolute atomic E-state index is 0.165. The molecule has 2 atom stereocenters. The fraction of sp³-hybridized carbons (Fsp3) is 0.818. The topological polar surface area (TPSA) is 81.7 Å². The number of nitrogens with zero attached hydrogens (tertiary/aromatic N) is 1. The number of carbonyl (C=O) groups excluding carboxylic acids is 1. The summed E-state index contributed by atoms with van der Waals surface area (Å²) in [7, 11) is 0. The fourth-order valence-corrected chi connectivity index (χ4v) is 2.60. The van der Waals surface area contributed by atoms with Crippen LogP contribution >= 0.6 is 0 Å². The van der Waals surface area contributed by atoms with Gasteiger partial charge in [-0.1, -0.05) is 0 Å². The number of hydrogen-bond acceptors (Lipinski definition) is 3. The van der Waals surface area contributed by atoms with Gasteiger partial charge in [-0.15, -0.1) is 0 Å². The van der Waals surface area contributed by atoms with Crippen LogP contribution < -0.4 is 10.6 Å². The highest BCUT2D eigenvalue weighted by atomic mass is 16.4. The first-order valence-corrected chi connectivity index (χ1v) is 6.08. The average molecular weight is 241 g/mol. The molecule has 3 aliphatic heterocycles. The van der Waals surface area contributed by atoms with Crippen molar-refractivity contribution in [2.45, 2.75) is 31.8 Å². The number of urea groups is 1. The van der Waals surface area contributed by atoms with E-state index in [1.807, 2.05) is 0 Å². The van der Waals surface area contributed by atoms with Gasteiger partial charge in [0.05, 0.1) is 0 Å². The number of carboxylic acids is 1. The van der Waals surface area contributed by atoms with Crippen LogP contribution in [0.1, 0.15) is 19.8 Å². The molecule has 2 unspecified atom stereocenters. The molecule has 0 aromatic heterocycles. The first kappa shape index (κ1) is 12.2. The molecule has 17 heavy (non-hydrogen) atoms. The van der Waals surface area contributed by atoms with Gasteiger partial charge in [-0.3, -0.25) is 4.79 Å². The molecular formula is C11H19N3O3. The van der Waals surface area contributed by atoms with Crippen LogP contribution in [0.3, 0.4) is 0 Å². The number of fused-ring (bicyclic) bond motifs is 3. The minimum Gasteiger partial charge on any atom is -0.480 e. The maximum Gasteiger partial charge on any atom is 0.325 e. The third-order valence-corrected chi connectivity index (χ3v) is 3.69. The summed E-state index contributed by atoms with van der Waals surface area (Å²) >= 11 is 0. The Morgan fingerprint density at radius 2 is 2.00 bits per heavy atom. The highest BCUT2D eigenvalue weighted by Gasteiger charge is 2.35. The number of nitrogens with one attached hydrogen (secondary N) is 2. The molecule has 0 aromatic carbocycles. The summed E-state index contributed by atoms with van der Waals surface area (Å²) in [4.78, 5) is 24.5. The molecule has 96 valence electrons. The average Bonchev–Trinajstić information content (AvgIpc) is 2.30. The molecule has 3 fully saturated rings. The Hall–Kier alpha value is -1.30. The number of rotatable bonds is 3. The van der Waals surface area contributed by atoms with Crippen molar-refractivity contribution < 1.29 is 14.7 Å².